The number of hydrogen-bond donors (Lipinski definition) is 2. The molecule has 4 heteroatoms. The SMILES string of the molecule is O=C(Nc1ccc2c(c1)CNCC2)C1COc2ccccc2C1. The Morgan fingerprint density at radius 2 is 2.04 bits per heavy atom. The number of anilines is 1. The lowest BCUT2D eigenvalue weighted by Gasteiger charge is -2.25. The third kappa shape index (κ3) is 2.94. The first-order valence-electron chi connectivity index (χ1n) is 8.14. The van der Waals surface area contributed by atoms with E-state index in [-0.39, 0.29) is 11.8 Å². The van der Waals surface area contributed by atoms with Gasteiger partial charge in [0, 0.05) is 12.2 Å². The topological polar surface area (TPSA) is 50.4 Å². The van der Waals surface area contributed by atoms with Gasteiger partial charge in [-0.15, -0.1) is 0 Å². The second-order valence-electron chi connectivity index (χ2n) is 6.22. The van der Waals surface area contributed by atoms with Crippen molar-refractivity contribution in [3.63, 3.8) is 0 Å². The number of carbonyl (C=O) groups is 1. The number of hydrogen-bond acceptors (Lipinski definition) is 3. The highest BCUT2D eigenvalue weighted by molar-refractivity contribution is 5.93. The van der Waals surface area contributed by atoms with Crippen LogP contribution in [0.15, 0.2) is 42.5 Å². The van der Waals surface area contributed by atoms with Crippen LogP contribution in [0.1, 0.15) is 16.7 Å². The van der Waals surface area contributed by atoms with Gasteiger partial charge in [-0.2, -0.15) is 0 Å². The monoisotopic (exact) mass is 308 g/mol. The molecule has 118 valence electrons. The predicted octanol–water partition coefficient (Wildman–Crippen LogP) is 2.52. The summed E-state index contributed by atoms with van der Waals surface area (Å²) in [6, 6.07) is 14.1. The number of fused-ring (bicyclic) bond motifs is 2. The number of carbonyl (C=O) groups excluding carboxylic acids is 1. The zero-order chi connectivity index (χ0) is 15.6. The summed E-state index contributed by atoms with van der Waals surface area (Å²) >= 11 is 0. The summed E-state index contributed by atoms with van der Waals surface area (Å²) in [5.41, 5.74) is 4.63. The lowest BCUT2D eigenvalue weighted by Crippen LogP contribution is -2.32. The van der Waals surface area contributed by atoms with Crippen molar-refractivity contribution in [2.45, 2.75) is 19.4 Å². The molecule has 4 nitrogen and oxygen atoms in total. The van der Waals surface area contributed by atoms with E-state index in [0.29, 0.717) is 6.61 Å². The van der Waals surface area contributed by atoms with E-state index >= 15 is 0 Å². The average Bonchev–Trinajstić information content (AvgIpc) is 2.61. The zero-order valence-corrected chi connectivity index (χ0v) is 13.0. The Morgan fingerprint density at radius 3 is 3.00 bits per heavy atom. The van der Waals surface area contributed by atoms with Gasteiger partial charge in [0.15, 0.2) is 0 Å². The summed E-state index contributed by atoms with van der Waals surface area (Å²) in [7, 11) is 0. The van der Waals surface area contributed by atoms with Gasteiger partial charge in [-0.05, 0) is 54.3 Å². The third-order valence-corrected chi connectivity index (χ3v) is 4.61. The number of benzene rings is 2. The minimum Gasteiger partial charge on any atom is -0.492 e. The Morgan fingerprint density at radius 1 is 1.13 bits per heavy atom. The van der Waals surface area contributed by atoms with Crippen LogP contribution >= 0.6 is 0 Å². The van der Waals surface area contributed by atoms with Gasteiger partial charge in [-0.25, -0.2) is 0 Å². The van der Waals surface area contributed by atoms with Crippen LogP contribution in [0.2, 0.25) is 0 Å². The van der Waals surface area contributed by atoms with Crippen molar-refractivity contribution >= 4 is 11.6 Å². The van der Waals surface area contributed by atoms with E-state index in [0.717, 1.165) is 42.9 Å². The van der Waals surface area contributed by atoms with Crippen molar-refractivity contribution in [3.8, 4) is 5.75 Å². The van der Waals surface area contributed by atoms with Gasteiger partial charge in [0.2, 0.25) is 5.91 Å². The molecule has 2 aromatic rings. The molecule has 0 radical (unpaired) electrons. The van der Waals surface area contributed by atoms with Crippen LogP contribution in [-0.4, -0.2) is 19.1 Å². The van der Waals surface area contributed by atoms with E-state index in [1.165, 1.54) is 11.1 Å². The first-order chi connectivity index (χ1) is 11.3. The van der Waals surface area contributed by atoms with Gasteiger partial charge < -0.3 is 15.4 Å². The molecule has 0 bridgehead atoms. The molecule has 0 aliphatic carbocycles. The number of para-hydroxylation sites is 1. The molecule has 4 rings (SSSR count). The van der Waals surface area contributed by atoms with Crippen molar-refractivity contribution in [2.24, 2.45) is 5.92 Å². The van der Waals surface area contributed by atoms with Gasteiger partial charge in [-0.3, -0.25) is 4.79 Å². The maximum absolute atomic E-state index is 12.5. The van der Waals surface area contributed by atoms with Crippen LogP contribution in [0.3, 0.4) is 0 Å². The molecule has 0 saturated carbocycles. The summed E-state index contributed by atoms with van der Waals surface area (Å²) in [6.07, 6.45) is 1.78. The Bertz CT molecular complexity index is 742. The molecule has 0 aromatic heterocycles. The van der Waals surface area contributed by atoms with E-state index in [1.807, 2.05) is 30.3 Å². The van der Waals surface area contributed by atoms with Gasteiger partial charge >= 0.3 is 0 Å². The molecule has 1 unspecified atom stereocenters. The van der Waals surface area contributed by atoms with Crippen molar-refractivity contribution in [1.82, 2.24) is 5.32 Å². The zero-order valence-electron chi connectivity index (χ0n) is 13.0. The normalized spacial score (nSPS) is 19.2. The van der Waals surface area contributed by atoms with Crippen LogP contribution in [-0.2, 0) is 24.2 Å². The Labute approximate surface area is 135 Å². The summed E-state index contributed by atoms with van der Waals surface area (Å²) < 4.78 is 5.71. The number of rotatable bonds is 2. The fraction of sp³-hybridized carbons (Fsp3) is 0.316. The summed E-state index contributed by atoms with van der Waals surface area (Å²) in [5, 5.41) is 6.41. The smallest absolute Gasteiger partial charge is 0.231 e. The maximum Gasteiger partial charge on any atom is 0.231 e. The van der Waals surface area contributed by atoms with Gasteiger partial charge in [-0.1, -0.05) is 24.3 Å². The Hall–Kier alpha value is -2.33. The summed E-state index contributed by atoms with van der Waals surface area (Å²) in [4.78, 5) is 12.5. The molecule has 1 atom stereocenters. The van der Waals surface area contributed by atoms with Crippen LogP contribution in [0, 0.1) is 5.92 Å². The van der Waals surface area contributed by atoms with Crippen LogP contribution in [0.25, 0.3) is 0 Å². The molecule has 1 amide bonds. The number of nitrogens with one attached hydrogen (secondary N) is 2. The Balaban J connectivity index is 1.46. The Kier molecular flexibility index (Phi) is 3.75. The first-order valence-corrected chi connectivity index (χ1v) is 8.14. The van der Waals surface area contributed by atoms with E-state index < -0.39 is 0 Å². The van der Waals surface area contributed by atoms with Crippen molar-refractivity contribution in [3.05, 3.63) is 59.2 Å². The van der Waals surface area contributed by atoms with E-state index in [4.69, 9.17) is 4.74 Å². The van der Waals surface area contributed by atoms with Crippen molar-refractivity contribution in [2.75, 3.05) is 18.5 Å². The number of ether oxygens (including phenoxy) is 1. The largest absolute Gasteiger partial charge is 0.492 e. The predicted molar refractivity (Wildman–Crippen MR) is 89.6 cm³/mol. The summed E-state index contributed by atoms with van der Waals surface area (Å²) in [5.74, 6) is 0.790. The molecule has 2 N–H and O–H groups in total. The second-order valence-corrected chi connectivity index (χ2v) is 6.22. The van der Waals surface area contributed by atoms with Crippen molar-refractivity contribution in [1.29, 1.82) is 0 Å². The van der Waals surface area contributed by atoms with Crippen LogP contribution < -0.4 is 15.4 Å². The molecule has 23 heavy (non-hydrogen) atoms. The standard InChI is InChI=1S/C19H20N2O2/c22-19(16-9-14-3-1-2-4-18(14)23-12-16)21-17-6-5-13-7-8-20-11-15(13)10-17/h1-6,10,16,20H,7-9,11-12H2,(H,21,22). The lowest BCUT2D eigenvalue weighted by atomic mass is 9.95. The van der Waals surface area contributed by atoms with Gasteiger partial charge in [0.25, 0.3) is 0 Å². The van der Waals surface area contributed by atoms with Crippen LogP contribution in [0.4, 0.5) is 5.69 Å². The van der Waals surface area contributed by atoms with Crippen LogP contribution in [0.5, 0.6) is 5.75 Å². The fourth-order valence-electron chi connectivity index (χ4n) is 3.30. The van der Waals surface area contributed by atoms with E-state index in [2.05, 4.69) is 22.8 Å². The number of amides is 1. The molecule has 2 aromatic carbocycles. The lowest BCUT2D eigenvalue weighted by molar-refractivity contribution is -0.121. The molecule has 2 aliphatic rings. The molecule has 2 heterocycles. The average molecular weight is 308 g/mol. The van der Waals surface area contributed by atoms with Crippen molar-refractivity contribution < 1.29 is 9.53 Å². The molecule has 0 spiro atoms. The molecular weight excluding hydrogens is 288 g/mol. The maximum atomic E-state index is 12.5. The second kappa shape index (κ2) is 6.05. The van der Waals surface area contributed by atoms with Gasteiger partial charge in [0.05, 0.1) is 5.92 Å². The fourth-order valence-corrected chi connectivity index (χ4v) is 3.30. The molecular formula is C19H20N2O2. The molecule has 0 saturated heterocycles. The highest BCUT2D eigenvalue weighted by Crippen LogP contribution is 2.27. The minimum absolute atomic E-state index is 0.0308. The molecule has 2 aliphatic heterocycles. The summed E-state index contributed by atoms with van der Waals surface area (Å²) in [6.45, 7) is 2.34. The molecule has 0 fully saturated rings. The first kappa shape index (κ1) is 14.3. The van der Waals surface area contributed by atoms with Gasteiger partial charge in [0.1, 0.15) is 12.4 Å². The third-order valence-electron chi connectivity index (χ3n) is 4.61. The highest BCUT2D eigenvalue weighted by atomic mass is 16.5. The highest BCUT2D eigenvalue weighted by Gasteiger charge is 2.26. The van der Waals surface area contributed by atoms with E-state index in [1.54, 1.807) is 0 Å². The minimum atomic E-state index is -0.140. The quantitative estimate of drug-likeness (QED) is 0.896. The van der Waals surface area contributed by atoms with E-state index in [9.17, 15) is 4.79 Å².